The molecule has 0 aliphatic carbocycles. The van der Waals surface area contributed by atoms with Gasteiger partial charge >= 0.3 is 0 Å². The minimum Gasteiger partial charge on any atom is -0.254 e. The Balaban J connectivity index is 1.95. The average Bonchev–Trinajstić information content (AvgIpc) is 2.48. The van der Waals surface area contributed by atoms with Crippen LogP contribution in [0.15, 0.2) is 48.9 Å². The van der Waals surface area contributed by atoms with Gasteiger partial charge in [0.15, 0.2) is 5.82 Å². The number of aromatic nitrogens is 5. The van der Waals surface area contributed by atoms with Crippen molar-refractivity contribution in [3.8, 4) is 22.9 Å². The van der Waals surface area contributed by atoms with Gasteiger partial charge in [-0.05, 0) is 36.8 Å². The highest BCUT2D eigenvalue weighted by Gasteiger charge is 2.06. The lowest BCUT2D eigenvalue weighted by atomic mass is 10.2. The van der Waals surface area contributed by atoms with Crippen LogP contribution in [-0.2, 0) is 0 Å². The third kappa shape index (κ3) is 2.44. The molecule has 0 N–H and O–H groups in total. The Bertz CT molecular complexity index is 680. The lowest BCUT2D eigenvalue weighted by Crippen LogP contribution is -1.97. The van der Waals surface area contributed by atoms with Crippen LogP contribution >= 0.6 is 0 Å². The van der Waals surface area contributed by atoms with Crippen LogP contribution in [0.25, 0.3) is 22.9 Å². The third-order valence-corrected chi connectivity index (χ3v) is 2.63. The van der Waals surface area contributed by atoms with Crippen LogP contribution < -0.4 is 0 Å². The van der Waals surface area contributed by atoms with E-state index < -0.39 is 0 Å². The maximum atomic E-state index is 4.29. The summed E-state index contributed by atoms with van der Waals surface area (Å²) < 4.78 is 0. The average molecular weight is 249 g/mol. The number of rotatable bonds is 2. The summed E-state index contributed by atoms with van der Waals surface area (Å²) in [6, 6.07) is 9.49. The van der Waals surface area contributed by atoms with Crippen molar-refractivity contribution in [2.24, 2.45) is 0 Å². The monoisotopic (exact) mass is 249 g/mol. The molecule has 0 unspecified atom stereocenters. The van der Waals surface area contributed by atoms with Gasteiger partial charge in [-0.15, -0.1) is 10.2 Å². The van der Waals surface area contributed by atoms with Crippen molar-refractivity contribution in [2.75, 3.05) is 0 Å². The minimum atomic E-state index is 0.517. The number of hydrogen-bond donors (Lipinski definition) is 0. The molecule has 3 aromatic heterocycles. The van der Waals surface area contributed by atoms with Crippen molar-refractivity contribution in [2.45, 2.75) is 6.92 Å². The summed E-state index contributed by atoms with van der Waals surface area (Å²) in [5, 5.41) is 8.24. The largest absolute Gasteiger partial charge is 0.254 e. The standard InChI is InChI=1S/C14H11N5/c1-10-5-7-16-12(8-10)14-17-9-13(18-19-14)11-4-2-3-6-15-11/h2-9H,1H3. The summed E-state index contributed by atoms with van der Waals surface area (Å²) >= 11 is 0. The van der Waals surface area contributed by atoms with Crippen molar-refractivity contribution in [1.82, 2.24) is 25.1 Å². The molecule has 0 amide bonds. The molecule has 0 radical (unpaired) electrons. The summed E-state index contributed by atoms with van der Waals surface area (Å²) in [7, 11) is 0. The Kier molecular flexibility index (Phi) is 2.94. The van der Waals surface area contributed by atoms with E-state index in [-0.39, 0.29) is 0 Å². The van der Waals surface area contributed by atoms with Gasteiger partial charge < -0.3 is 0 Å². The summed E-state index contributed by atoms with van der Waals surface area (Å²) in [6.45, 7) is 2.00. The highest BCUT2D eigenvalue weighted by molar-refractivity contribution is 5.54. The van der Waals surface area contributed by atoms with Crippen LogP contribution in [0.5, 0.6) is 0 Å². The molecule has 0 saturated heterocycles. The van der Waals surface area contributed by atoms with Gasteiger partial charge in [0.1, 0.15) is 11.4 Å². The Labute approximate surface area is 110 Å². The molecule has 3 rings (SSSR count). The van der Waals surface area contributed by atoms with Crippen LogP contribution in [0, 0.1) is 6.92 Å². The van der Waals surface area contributed by atoms with Crippen molar-refractivity contribution in [3.05, 3.63) is 54.5 Å². The highest BCUT2D eigenvalue weighted by atomic mass is 15.2. The molecule has 0 bridgehead atoms. The van der Waals surface area contributed by atoms with Gasteiger partial charge in [-0.25, -0.2) is 4.98 Å². The SMILES string of the molecule is Cc1ccnc(-c2ncc(-c3ccccn3)nn2)c1. The quantitative estimate of drug-likeness (QED) is 0.697. The summed E-state index contributed by atoms with van der Waals surface area (Å²) in [6.07, 6.45) is 5.11. The van der Waals surface area contributed by atoms with E-state index >= 15 is 0 Å². The van der Waals surface area contributed by atoms with E-state index in [4.69, 9.17) is 0 Å². The van der Waals surface area contributed by atoms with E-state index in [2.05, 4.69) is 25.1 Å². The van der Waals surface area contributed by atoms with E-state index in [1.165, 1.54) is 0 Å². The normalized spacial score (nSPS) is 10.4. The van der Waals surface area contributed by atoms with Crippen molar-refractivity contribution >= 4 is 0 Å². The first kappa shape index (κ1) is 11.4. The first-order valence-electron chi connectivity index (χ1n) is 5.87. The van der Waals surface area contributed by atoms with Gasteiger partial charge in [0.25, 0.3) is 0 Å². The molecule has 5 nitrogen and oxygen atoms in total. The molecule has 3 heterocycles. The second-order valence-corrected chi connectivity index (χ2v) is 4.10. The van der Waals surface area contributed by atoms with Crippen LogP contribution in [0.4, 0.5) is 0 Å². The van der Waals surface area contributed by atoms with Crippen LogP contribution in [0.3, 0.4) is 0 Å². The second-order valence-electron chi connectivity index (χ2n) is 4.10. The smallest absolute Gasteiger partial charge is 0.200 e. The van der Waals surface area contributed by atoms with Gasteiger partial charge in [-0.2, -0.15) is 0 Å². The molecule has 0 aromatic carbocycles. The van der Waals surface area contributed by atoms with Crippen LogP contribution in [0.1, 0.15) is 5.56 Å². The maximum Gasteiger partial charge on any atom is 0.200 e. The minimum absolute atomic E-state index is 0.517. The first-order valence-corrected chi connectivity index (χ1v) is 5.87. The van der Waals surface area contributed by atoms with Gasteiger partial charge in [0.05, 0.1) is 11.9 Å². The van der Waals surface area contributed by atoms with Gasteiger partial charge in [-0.1, -0.05) is 6.07 Å². The second kappa shape index (κ2) is 4.89. The molecule has 92 valence electrons. The van der Waals surface area contributed by atoms with Crippen molar-refractivity contribution in [1.29, 1.82) is 0 Å². The molecule has 5 heteroatoms. The molecular weight excluding hydrogens is 238 g/mol. The predicted octanol–water partition coefficient (Wildman–Crippen LogP) is 2.30. The molecular formula is C14H11N5. The zero-order chi connectivity index (χ0) is 13.1. The highest BCUT2D eigenvalue weighted by Crippen LogP contribution is 2.15. The van der Waals surface area contributed by atoms with Crippen LogP contribution in [0.2, 0.25) is 0 Å². The Morgan fingerprint density at radius 3 is 2.37 bits per heavy atom. The van der Waals surface area contributed by atoms with E-state index in [9.17, 15) is 0 Å². The molecule has 0 atom stereocenters. The fourth-order valence-corrected chi connectivity index (χ4v) is 1.68. The van der Waals surface area contributed by atoms with Crippen molar-refractivity contribution in [3.63, 3.8) is 0 Å². The number of pyridine rings is 2. The zero-order valence-corrected chi connectivity index (χ0v) is 10.4. The molecule has 0 aliphatic heterocycles. The van der Waals surface area contributed by atoms with Crippen LogP contribution in [-0.4, -0.2) is 25.1 Å². The Morgan fingerprint density at radius 1 is 0.789 bits per heavy atom. The van der Waals surface area contributed by atoms with E-state index in [1.807, 2.05) is 37.3 Å². The first-order chi connectivity index (χ1) is 9.33. The van der Waals surface area contributed by atoms with Gasteiger partial charge in [0.2, 0.25) is 0 Å². The van der Waals surface area contributed by atoms with E-state index in [0.717, 1.165) is 17.0 Å². The Morgan fingerprint density at radius 2 is 1.68 bits per heavy atom. The topological polar surface area (TPSA) is 64.5 Å². The predicted molar refractivity (Wildman–Crippen MR) is 71.0 cm³/mol. The zero-order valence-electron chi connectivity index (χ0n) is 10.4. The molecule has 0 spiro atoms. The van der Waals surface area contributed by atoms with Gasteiger partial charge in [0, 0.05) is 12.4 Å². The fourth-order valence-electron chi connectivity index (χ4n) is 1.68. The summed E-state index contributed by atoms with van der Waals surface area (Å²) in [5.74, 6) is 0.517. The molecule has 3 aromatic rings. The summed E-state index contributed by atoms with van der Waals surface area (Å²) in [5.41, 5.74) is 3.24. The summed E-state index contributed by atoms with van der Waals surface area (Å²) in [4.78, 5) is 12.7. The molecule has 19 heavy (non-hydrogen) atoms. The maximum absolute atomic E-state index is 4.29. The number of nitrogens with zero attached hydrogens (tertiary/aromatic N) is 5. The number of aryl methyl sites for hydroxylation is 1. The third-order valence-electron chi connectivity index (χ3n) is 2.63. The van der Waals surface area contributed by atoms with E-state index in [0.29, 0.717) is 11.5 Å². The lowest BCUT2D eigenvalue weighted by Gasteiger charge is -2.01. The molecule has 0 saturated carbocycles. The Hall–Kier alpha value is -2.69. The van der Waals surface area contributed by atoms with Crippen molar-refractivity contribution < 1.29 is 0 Å². The van der Waals surface area contributed by atoms with Gasteiger partial charge in [-0.3, -0.25) is 9.97 Å². The van der Waals surface area contributed by atoms with E-state index in [1.54, 1.807) is 18.6 Å². The molecule has 0 aliphatic rings. The molecule has 0 fully saturated rings. The fraction of sp³-hybridized carbons (Fsp3) is 0.0714. The number of hydrogen-bond acceptors (Lipinski definition) is 5. The lowest BCUT2D eigenvalue weighted by molar-refractivity contribution is 0.970.